The molecule has 17 heavy (non-hydrogen) atoms. The summed E-state index contributed by atoms with van der Waals surface area (Å²) < 4.78 is 12.6. The summed E-state index contributed by atoms with van der Waals surface area (Å²) in [5, 5.41) is 13.1. The molecule has 0 fully saturated rings. The monoisotopic (exact) mass is 230 g/mol. The van der Waals surface area contributed by atoms with Gasteiger partial charge in [-0.1, -0.05) is 12.1 Å². The normalized spacial score (nSPS) is 10.6. The Labute approximate surface area is 98.2 Å². The van der Waals surface area contributed by atoms with Gasteiger partial charge in [-0.2, -0.15) is 5.10 Å². The lowest BCUT2D eigenvalue weighted by atomic mass is 10.2. The fourth-order valence-electron chi connectivity index (χ4n) is 1.27. The van der Waals surface area contributed by atoms with Crippen LogP contribution in [0.5, 0.6) is 5.75 Å². The molecule has 0 saturated carbocycles. The van der Waals surface area contributed by atoms with Gasteiger partial charge in [-0.15, -0.1) is 0 Å². The molecule has 0 aliphatic heterocycles. The second-order valence-electron chi connectivity index (χ2n) is 3.47. The zero-order valence-corrected chi connectivity index (χ0v) is 8.97. The van der Waals surface area contributed by atoms with Gasteiger partial charge in [0.1, 0.15) is 11.6 Å². The zero-order chi connectivity index (χ0) is 12.1. The van der Waals surface area contributed by atoms with E-state index >= 15 is 0 Å². The summed E-state index contributed by atoms with van der Waals surface area (Å²) in [7, 11) is 0. The number of hydrogen-bond acceptors (Lipinski definition) is 3. The van der Waals surface area contributed by atoms with Crippen LogP contribution in [-0.4, -0.2) is 11.3 Å². The molecule has 3 nitrogen and oxygen atoms in total. The third-order valence-corrected chi connectivity index (χ3v) is 2.14. The largest absolute Gasteiger partial charge is 0.508 e. The van der Waals surface area contributed by atoms with E-state index in [-0.39, 0.29) is 11.6 Å². The van der Waals surface area contributed by atoms with Crippen molar-refractivity contribution in [3.63, 3.8) is 0 Å². The Morgan fingerprint density at radius 1 is 1.00 bits per heavy atom. The summed E-state index contributed by atoms with van der Waals surface area (Å²) in [6, 6.07) is 12.6. The van der Waals surface area contributed by atoms with Crippen molar-refractivity contribution >= 4 is 11.9 Å². The first-order chi connectivity index (χ1) is 8.24. The molecule has 0 aromatic heterocycles. The van der Waals surface area contributed by atoms with Gasteiger partial charge in [-0.3, -0.25) is 5.43 Å². The quantitative estimate of drug-likeness (QED) is 0.483. The Hall–Kier alpha value is -2.36. The summed E-state index contributed by atoms with van der Waals surface area (Å²) in [4.78, 5) is 0. The van der Waals surface area contributed by atoms with Gasteiger partial charge in [0.05, 0.1) is 11.9 Å². The highest BCUT2D eigenvalue weighted by molar-refractivity contribution is 5.80. The van der Waals surface area contributed by atoms with E-state index in [1.807, 2.05) is 0 Å². The maximum atomic E-state index is 12.6. The molecule has 0 aliphatic rings. The van der Waals surface area contributed by atoms with Crippen LogP contribution in [0.3, 0.4) is 0 Å². The summed E-state index contributed by atoms with van der Waals surface area (Å²) >= 11 is 0. The van der Waals surface area contributed by atoms with Crippen molar-refractivity contribution in [3.05, 3.63) is 59.9 Å². The average molecular weight is 230 g/mol. The van der Waals surface area contributed by atoms with Gasteiger partial charge in [0, 0.05) is 0 Å². The predicted octanol–water partition coefficient (Wildman–Crippen LogP) is 2.98. The molecule has 2 aromatic rings. The van der Waals surface area contributed by atoms with Crippen LogP contribution in [0.2, 0.25) is 0 Å². The molecule has 4 heteroatoms. The lowest BCUT2D eigenvalue weighted by Gasteiger charge is -1.99. The molecule has 0 radical (unpaired) electrons. The molecule has 86 valence electrons. The fraction of sp³-hybridized carbons (Fsp3) is 0. The van der Waals surface area contributed by atoms with Gasteiger partial charge in [0.15, 0.2) is 0 Å². The Morgan fingerprint density at radius 3 is 2.29 bits per heavy atom. The van der Waals surface area contributed by atoms with Crippen molar-refractivity contribution in [3.8, 4) is 5.75 Å². The minimum atomic E-state index is -0.270. The number of nitrogens with zero attached hydrogens (tertiary/aromatic N) is 1. The van der Waals surface area contributed by atoms with Crippen molar-refractivity contribution in [2.75, 3.05) is 5.43 Å². The van der Waals surface area contributed by atoms with E-state index in [1.165, 1.54) is 12.1 Å². The zero-order valence-electron chi connectivity index (χ0n) is 8.97. The standard InChI is InChI=1S/C13H11FN2O/c14-11-3-1-10(2-4-11)9-15-16-12-5-7-13(17)8-6-12/h1-9,16-17H/b15-9+. The van der Waals surface area contributed by atoms with Crippen LogP contribution in [-0.2, 0) is 0 Å². The Bertz CT molecular complexity index is 506. The van der Waals surface area contributed by atoms with Crippen molar-refractivity contribution in [2.45, 2.75) is 0 Å². The van der Waals surface area contributed by atoms with Crippen molar-refractivity contribution in [1.82, 2.24) is 0 Å². The molecule has 0 amide bonds. The highest BCUT2D eigenvalue weighted by Gasteiger charge is 1.91. The van der Waals surface area contributed by atoms with Gasteiger partial charge in [0.25, 0.3) is 0 Å². The molecular weight excluding hydrogens is 219 g/mol. The smallest absolute Gasteiger partial charge is 0.123 e. The second-order valence-corrected chi connectivity index (χ2v) is 3.47. The number of anilines is 1. The minimum Gasteiger partial charge on any atom is -0.508 e. The topological polar surface area (TPSA) is 44.6 Å². The summed E-state index contributed by atoms with van der Waals surface area (Å²) in [5.74, 6) is -0.0632. The van der Waals surface area contributed by atoms with Crippen LogP contribution < -0.4 is 5.43 Å². The molecule has 0 heterocycles. The van der Waals surface area contributed by atoms with E-state index in [0.29, 0.717) is 0 Å². The van der Waals surface area contributed by atoms with Gasteiger partial charge >= 0.3 is 0 Å². The molecule has 0 aliphatic carbocycles. The third kappa shape index (κ3) is 3.31. The second kappa shape index (κ2) is 5.12. The van der Waals surface area contributed by atoms with Crippen molar-refractivity contribution in [2.24, 2.45) is 5.10 Å². The molecule has 0 atom stereocenters. The maximum Gasteiger partial charge on any atom is 0.123 e. The van der Waals surface area contributed by atoms with Crippen LogP contribution in [0.25, 0.3) is 0 Å². The minimum absolute atomic E-state index is 0.207. The summed E-state index contributed by atoms with van der Waals surface area (Å²) in [6.07, 6.45) is 1.59. The summed E-state index contributed by atoms with van der Waals surface area (Å²) in [6.45, 7) is 0. The molecule has 2 rings (SSSR count). The number of rotatable bonds is 3. The number of phenols is 1. The van der Waals surface area contributed by atoms with Crippen LogP contribution in [0.1, 0.15) is 5.56 Å². The van der Waals surface area contributed by atoms with Gasteiger partial charge < -0.3 is 5.11 Å². The van der Waals surface area contributed by atoms with Crippen LogP contribution in [0, 0.1) is 5.82 Å². The molecule has 0 spiro atoms. The SMILES string of the molecule is Oc1ccc(N/N=C/c2ccc(F)cc2)cc1. The Balaban J connectivity index is 1.97. The van der Waals surface area contributed by atoms with Crippen molar-refractivity contribution in [1.29, 1.82) is 0 Å². The van der Waals surface area contributed by atoms with E-state index in [4.69, 9.17) is 5.11 Å². The maximum absolute atomic E-state index is 12.6. The first kappa shape index (κ1) is 11.1. The third-order valence-electron chi connectivity index (χ3n) is 2.14. The van der Waals surface area contributed by atoms with Crippen LogP contribution >= 0.6 is 0 Å². The Morgan fingerprint density at radius 2 is 1.65 bits per heavy atom. The molecule has 2 aromatic carbocycles. The first-order valence-electron chi connectivity index (χ1n) is 5.08. The van der Waals surface area contributed by atoms with Crippen molar-refractivity contribution < 1.29 is 9.50 Å². The van der Waals surface area contributed by atoms with E-state index in [0.717, 1.165) is 11.3 Å². The molecular formula is C13H11FN2O. The predicted molar refractivity (Wildman–Crippen MR) is 65.7 cm³/mol. The number of benzene rings is 2. The average Bonchev–Trinajstić information content (AvgIpc) is 2.34. The van der Waals surface area contributed by atoms with Crippen LogP contribution in [0.15, 0.2) is 53.6 Å². The van der Waals surface area contributed by atoms with E-state index in [1.54, 1.807) is 42.6 Å². The van der Waals surface area contributed by atoms with Gasteiger partial charge in [-0.05, 0) is 42.0 Å². The lowest BCUT2D eigenvalue weighted by Crippen LogP contribution is -1.90. The Kier molecular flexibility index (Phi) is 3.35. The van der Waals surface area contributed by atoms with E-state index in [9.17, 15) is 4.39 Å². The lowest BCUT2D eigenvalue weighted by molar-refractivity contribution is 0.475. The van der Waals surface area contributed by atoms with Gasteiger partial charge in [-0.25, -0.2) is 4.39 Å². The summed E-state index contributed by atoms with van der Waals surface area (Å²) in [5.41, 5.74) is 4.37. The highest BCUT2D eigenvalue weighted by Crippen LogP contribution is 2.13. The fourth-order valence-corrected chi connectivity index (χ4v) is 1.27. The van der Waals surface area contributed by atoms with Crippen LogP contribution in [0.4, 0.5) is 10.1 Å². The van der Waals surface area contributed by atoms with E-state index in [2.05, 4.69) is 10.5 Å². The number of hydrogen-bond donors (Lipinski definition) is 2. The molecule has 0 unspecified atom stereocenters. The van der Waals surface area contributed by atoms with E-state index < -0.39 is 0 Å². The number of aromatic hydroxyl groups is 1. The highest BCUT2D eigenvalue weighted by atomic mass is 19.1. The number of phenolic OH excluding ortho intramolecular Hbond substituents is 1. The number of nitrogens with one attached hydrogen (secondary N) is 1. The molecule has 0 bridgehead atoms. The number of halogens is 1. The molecule has 2 N–H and O–H groups in total. The first-order valence-corrected chi connectivity index (χ1v) is 5.08. The number of hydrazone groups is 1. The van der Waals surface area contributed by atoms with Gasteiger partial charge in [0.2, 0.25) is 0 Å². The molecule has 0 saturated heterocycles.